The van der Waals surface area contributed by atoms with E-state index < -0.39 is 0 Å². The molecule has 1 fully saturated rings. The quantitative estimate of drug-likeness (QED) is 0.915. The molecule has 0 bridgehead atoms. The molecule has 1 aromatic rings. The zero-order chi connectivity index (χ0) is 13.9. The lowest BCUT2D eigenvalue weighted by atomic mass is 9.87. The SMILES string of the molecule is CNC1CCCc2c(OCC3CCC(C)O3)cccc21. The molecule has 0 saturated carbocycles. The van der Waals surface area contributed by atoms with E-state index in [4.69, 9.17) is 9.47 Å². The first kappa shape index (κ1) is 13.9. The fraction of sp³-hybridized carbons (Fsp3) is 0.647. The lowest BCUT2D eigenvalue weighted by molar-refractivity contribution is 0.0262. The standard InChI is InChI=1S/C17H25NO2/c1-12-9-10-13(20-12)11-19-17-8-4-5-14-15(17)6-3-7-16(14)18-2/h4-5,8,12-13,16,18H,3,6-7,9-11H2,1-2H3. The average molecular weight is 275 g/mol. The second kappa shape index (κ2) is 6.15. The highest BCUT2D eigenvalue weighted by Crippen LogP contribution is 2.35. The van der Waals surface area contributed by atoms with E-state index in [1.54, 1.807) is 0 Å². The van der Waals surface area contributed by atoms with E-state index >= 15 is 0 Å². The van der Waals surface area contributed by atoms with Crippen molar-refractivity contribution in [1.29, 1.82) is 0 Å². The van der Waals surface area contributed by atoms with Crippen LogP contribution in [0, 0.1) is 0 Å². The van der Waals surface area contributed by atoms with Gasteiger partial charge in [-0.2, -0.15) is 0 Å². The van der Waals surface area contributed by atoms with Crippen molar-refractivity contribution in [1.82, 2.24) is 5.32 Å². The van der Waals surface area contributed by atoms with Gasteiger partial charge in [0, 0.05) is 6.04 Å². The van der Waals surface area contributed by atoms with E-state index in [0.29, 0.717) is 18.8 Å². The van der Waals surface area contributed by atoms with Gasteiger partial charge in [0.1, 0.15) is 12.4 Å². The number of rotatable bonds is 4. The Balaban J connectivity index is 1.70. The van der Waals surface area contributed by atoms with Crippen LogP contribution in [0.15, 0.2) is 18.2 Å². The molecule has 0 spiro atoms. The summed E-state index contributed by atoms with van der Waals surface area (Å²) in [4.78, 5) is 0. The Hall–Kier alpha value is -1.06. The molecule has 3 nitrogen and oxygen atoms in total. The maximum atomic E-state index is 6.08. The first-order valence-corrected chi connectivity index (χ1v) is 7.85. The summed E-state index contributed by atoms with van der Waals surface area (Å²) in [5.74, 6) is 1.06. The van der Waals surface area contributed by atoms with E-state index in [2.05, 4.69) is 30.4 Å². The highest BCUT2D eigenvalue weighted by molar-refractivity contribution is 5.43. The molecule has 1 aliphatic carbocycles. The Morgan fingerprint density at radius 2 is 2.20 bits per heavy atom. The molecule has 3 atom stereocenters. The summed E-state index contributed by atoms with van der Waals surface area (Å²) in [5, 5.41) is 3.41. The number of hydrogen-bond donors (Lipinski definition) is 1. The molecule has 1 aliphatic heterocycles. The van der Waals surface area contributed by atoms with Crippen LogP contribution >= 0.6 is 0 Å². The minimum absolute atomic E-state index is 0.268. The van der Waals surface area contributed by atoms with Crippen LogP contribution in [0.2, 0.25) is 0 Å². The summed E-state index contributed by atoms with van der Waals surface area (Å²) in [5.41, 5.74) is 2.81. The molecule has 20 heavy (non-hydrogen) atoms. The van der Waals surface area contributed by atoms with Crippen molar-refractivity contribution in [3.63, 3.8) is 0 Å². The second-order valence-electron chi connectivity index (χ2n) is 6.01. The predicted molar refractivity (Wildman–Crippen MR) is 80.2 cm³/mol. The molecule has 1 heterocycles. The van der Waals surface area contributed by atoms with Gasteiger partial charge in [-0.1, -0.05) is 12.1 Å². The van der Waals surface area contributed by atoms with Crippen LogP contribution in [0.25, 0.3) is 0 Å². The van der Waals surface area contributed by atoms with E-state index in [9.17, 15) is 0 Å². The Labute approximate surface area is 121 Å². The van der Waals surface area contributed by atoms with Gasteiger partial charge in [0.25, 0.3) is 0 Å². The van der Waals surface area contributed by atoms with Crippen LogP contribution in [0.5, 0.6) is 5.75 Å². The Kier molecular flexibility index (Phi) is 4.27. The van der Waals surface area contributed by atoms with Crippen LogP contribution < -0.4 is 10.1 Å². The molecule has 0 amide bonds. The van der Waals surface area contributed by atoms with Gasteiger partial charge in [-0.15, -0.1) is 0 Å². The highest BCUT2D eigenvalue weighted by atomic mass is 16.5. The van der Waals surface area contributed by atoms with Crippen LogP contribution in [0.1, 0.15) is 49.8 Å². The summed E-state index contributed by atoms with van der Waals surface area (Å²) in [6.07, 6.45) is 6.52. The zero-order valence-electron chi connectivity index (χ0n) is 12.5. The highest BCUT2D eigenvalue weighted by Gasteiger charge is 2.24. The fourth-order valence-corrected chi connectivity index (χ4v) is 3.44. The van der Waals surface area contributed by atoms with Gasteiger partial charge in [-0.25, -0.2) is 0 Å². The minimum Gasteiger partial charge on any atom is -0.491 e. The van der Waals surface area contributed by atoms with Crippen LogP contribution in [-0.2, 0) is 11.2 Å². The molecule has 2 aliphatic rings. The number of fused-ring (bicyclic) bond motifs is 1. The van der Waals surface area contributed by atoms with Gasteiger partial charge in [0.2, 0.25) is 0 Å². The first-order chi connectivity index (χ1) is 9.78. The van der Waals surface area contributed by atoms with E-state index in [1.807, 2.05) is 7.05 Å². The normalized spacial score (nSPS) is 29.2. The van der Waals surface area contributed by atoms with Gasteiger partial charge in [-0.05, 0) is 63.3 Å². The van der Waals surface area contributed by atoms with Gasteiger partial charge in [0.15, 0.2) is 0 Å². The molecule has 110 valence electrons. The zero-order valence-corrected chi connectivity index (χ0v) is 12.5. The number of benzene rings is 1. The van der Waals surface area contributed by atoms with Crippen molar-refractivity contribution in [2.45, 2.75) is 57.3 Å². The largest absolute Gasteiger partial charge is 0.491 e. The monoisotopic (exact) mass is 275 g/mol. The number of hydrogen-bond acceptors (Lipinski definition) is 3. The lowest BCUT2D eigenvalue weighted by Crippen LogP contribution is -2.23. The smallest absolute Gasteiger partial charge is 0.122 e. The summed E-state index contributed by atoms with van der Waals surface area (Å²) in [6.45, 7) is 2.83. The van der Waals surface area contributed by atoms with Gasteiger partial charge < -0.3 is 14.8 Å². The topological polar surface area (TPSA) is 30.5 Å². The lowest BCUT2D eigenvalue weighted by Gasteiger charge is -2.27. The number of ether oxygens (including phenoxy) is 2. The molecule has 0 radical (unpaired) electrons. The van der Waals surface area contributed by atoms with Crippen molar-refractivity contribution in [3.05, 3.63) is 29.3 Å². The van der Waals surface area contributed by atoms with Crippen molar-refractivity contribution >= 4 is 0 Å². The van der Waals surface area contributed by atoms with Crippen LogP contribution in [-0.4, -0.2) is 25.9 Å². The van der Waals surface area contributed by atoms with Gasteiger partial charge in [-0.3, -0.25) is 0 Å². The molecule has 3 heteroatoms. The molecule has 1 aromatic carbocycles. The summed E-state index contributed by atoms with van der Waals surface area (Å²) < 4.78 is 11.9. The first-order valence-electron chi connectivity index (χ1n) is 7.85. The second-order valence-corrected chi connectivity index (χ2v) is 6.01. The minimum atomic E-state index is 0.268. The fourth-order valence-electron chi connectivity index (χ4n) is 3.44. The molecule has 1 saturated heterocycles. The van der Waals surface area contributed by atoms with Crippen molar-refractivity contribution in [2.24, 2.45) is 0 Å². The van der Waals surface area contributed by atoms with Crippen molar-refractivity contribution in [3.8, 4) is 5.75 Å². The van der Waals surface area contributed by atoms with Crippen LogP contribution in [0.4, 0.5) is 0 Å². The average Bonchev–Trinajstić information content (AvgIpc) is 2.90. The number of nitrogens with one attached hydrogen (secondary N) is 1. The molecular weight excluding hydrogens is 250 g/mol. The molecule has 1 N–H and O–H groups in total. The van der Waals surface area contributed by atoms with E-state index in [-0.39, 0.29) is 6.10 Å². The van der Waals surface area contributed by atoms with Crippen LogP contribution in [0.3, 0.4) is 0 Å². The van der Waals surface area contributed by atoms with E-state index in [1.165, 1.54) is 24.0 Å². The Bertz CT molecular complexity index is 460. The van der Waals surface area contributed by atoms with Gasteiger partial charge >= 0.3 is 0 Å². The molecule has 3 unspecified atom stereocenters. The van der Waals surface area contributed by atoms with Gasteiger partial charge in [0.05, 0.1) is 12.2 Å². The van der Waals surface area contributed by atoms with E-state index in [0.717, 1.165) is 25.0 Å². The maximum Gasteiger partial charge on any atom is 0.122 e. The molecule has 0 aromatic heterocycles. The third-order valence-electron chi connectivity index (χ3n) is 4.56. The summed E-state index contributed by atoms with van der Waals surface area (Å²) >= 11 is 0. The molecular formula is C17H25NO2. The summed E-state index contributed by atoms with van der Waals surface area (Å²) in [7, 11) is 2.04. The molecule has 3 rings (SSSR count). The third-order valence-corrected chi connectivity index (χ3v) is 4.56. The predicted octanol–water partition coefficient (Wildman–Crippen LogP) is 3.23. The third kappa shape index (κ3) is 2.84. The van der Waals surface area contributed by atoms with Crippen molar-refractivity contribution < 1.29 is 9.47 Å². The van der Waals surface area contributed by atoms with Crippen molar-refractivity contribution in [2.75, 3.05) is 13.7 Å². The maximum absolute atomic E-state index is 6.08. The Morgan fingerprint density at radius 1 is 1.30 bits per heavy atom. The summed E-state index contributed by atoms with van der Waals surface area (Å²) in [6, 6.07) is 6.93. The Morgan fingerprint density at radius 3 is 2.95 bits per heavy atom.